The van der Waals surface area contributed by atoms with Crippen LogP contribution in [0.15, 0.2) is 48.2 Å². The largest absolute Gasteiger partial charge is 0.506 e. The Morgan fingerprint density at radius 1 is 1.32 bits per heavy atom. The number of aryl methyl sites for hydroxylation is 1. The lowest BCUT2D eigenvalue weighted by molar-refractivity contribution is -0.0509. The molecule has 2 N–H and O–H groups in total. The predicted octanol–water partition coefficient (Wildman–Crippen LogP) is 4.29. The minimum Gasteiger partial charge on any atom is -0.506 e. The highest BCUT2D eigenvalue weighted by molar-refractivity contribution is 6.30. The predicted molar refractivity (Wildman–Crippen MR) is 96.4 cm³/mol. The van der Waals surface area contributed by atoms with Gasteiger partial charge in [0.15, 0.2) is 5.78 Å². The number of anilines is 1. The van der Waals surface area contributed by atoms with Crippen LogP contribution in [0.1, 0.15) is 22.8 Å². The van der Waals surface area contributed by atoms with Crippen molar-refractivity contribution in [3.63, 3.8) is 0 Å². The van der Waals surface area contributed by atoms with Gasteiger partial charge in [-0.15, -0.1) is 0 Å². The Kier molecular flexibility index (Phi) is 4.97. The van der Waals surface area contributed by atoms with Crippen LogP contribution in [0.4, 0.5) is 5.69 Å². The highest BCUT2D eigenvalue weighted by Crippen LogP contribution is 2.33. The fourth-order valence-corrected chi connectivity index (χ4v) is 2.72. The highest BCUT2D eigenvalue weighted by atomic mass is 35.5. The molecule has 0 saturated heterocycles. The molecule has 1 aliphatic rings. The second-order valence-electron chi connectivity index (χ2n) is 5.64. The number of fused-ring (bicyclic) bond motifs is 1. The molecule has 1 aliphatic heterocycles. The number of carbonyl (C=O) groups excluding carboxylic acids is 1. The molecule has 5 nitrogen and oxygen atoms in total. The van der Waals surface area contributed by atoms with Gasteiger partial charge in [0.1, 0.15) is 11.5 Å². The zero-order valence-electron chi connectivity index (χ0n) is 13.9. The molecule has 0 bridgehead atoms. The van der Waals surface area contributed by atoms with Crippen molar-refractivity contribution in [2.45, 2.75) is 20.1 Å². The summed E-state index contributed by atoms with van der Waals surface area (Å²) in [7, 11) is 0. The van der Waals surface area contributed by atoms with E-state index in [0.29, 0.717) is 34.2 Å². The molecule has 6 heteroatoms. The van der Waals surface area contributed by atoms with Crippen LogP contribution in [0.25, 0.3) is 0 Å². The minimum atomic E-state index is -0.811. The van der Waals surface area contributed by atoms with Gasteiger partial charge < -0.3 is 19.9 Å². The van der Waals surface area contributed by atoms with E-state index in [1.54, 1.807) is 24.3 Å². The molecule has 0 spiro atoms. The lowest BCUT2D eigenvalue weighted by Gasteiger charge is -2.27. The number of Topliss-reactive ketones (excluding diaryl/α,β-unsaturated/α-hetero) is 1. The number of ketones is 1. The van der Waals surface area contributed by atoms with Crippen LogP contribution in [0, 0.1) is 6.92 Å². The van der Waals surface area contributed by atoms with Gasteiger partial charge in [0, 0.05) is 23.9 Å². The van der Waals surface area contributed by atoms with Crippen LogP contribution < -0.4 is 10.1 Å². The van der Waals surface area contributed by atoms with Gasteiger partial charge in [-0.1, -0.05) is 23.2 Å². The topological polar surface area (TPSA) is 67.8 Å². The van der Waals surface area contributed by atoms with Crippen LogP contribution in [0.3, 0.4) is 0 Å². The molecule has 1 heterocycles. The number of hydrogen-bond donors (Lipinski definition) is 2. The smallest absolute Gasteiger partial charge is 0.232 e. The van der Waals surface area contributed by atoms with Gasteiger partial charge in [0.2, 0.25) is 6.29 Å². The lowest BCUT2D eigenvalue weighted by atomic mass is 9.98. The van der Waals surface area contributed by atoms with Crippen molar-refractivity contribution in [3.05, 3.63) is 64.3 Å². The number of carbonyl (C=O) groups is 1. The number of hydrogen-bond acceptors (Lipinski definition) is 5. The monoisotopic (exact) mass is 359 g/mol. The summed E-state index contributed by atoms with van der Waals surface area (Å²) in [4.78, 5) is 12.9. The van der Waals surface area contributed by atoms with Crippen LogP contribution in [0.2, 0.25) is 5.02 Å². The standard InChI is InChI=1S/C19H18ClNO4/c1-3-24-19-14(10-21-15-6-5-12(20)9-16(15)22)18(23)13-8-11(2)4-7-17(13)25-19/h4-10,19,21-22H,3H2,1-2H3/b14-10-. The molecule has 0 aliphatic carbocycles. The average Bonchev–Trinajstić information content (AvgIpc) is 2.57. The van der Waals surface area contributed by atoms with E-state index < -0.39 is 6.29 Å². The Labute approximate surface area is 150 Å². The Morgan fingerprint density at radius 2 is 2.12 bits per heavy atom. The zero-order valence-corrected chi connectivity index (χ0v) is 14.6. The third-order valence-electron chi connectivity index (χ3n) is 3.79. The molecule has 1 unspecified atom stereocenters. The third-order valence-corrected chi connectivity index (χ3v) is 4.03. The number of benzene rings is 2. The number of phenols is 1. The number of nitrogens with one attached hydrogen (secondary N) is 1. The Balaban J connectivity index is 1.95. The van der Waals surface area contributed by atoms with E-state index in [-0.39, 0.29) is 11.5 Å². The molecule has 25 heavy (non-hydrogen) atoms. The Hall–Kier alpha value is -2.50. The summed E-state index contributed by atoms with van der Waals surface area (Å²) in [6, 6.07) is 10.1. The fourth-order valence-electron chi connectivity index (χ4n) is 2.56. The summed E-state index contributed by atoms with van der Waals surface area (Å²) in [5, 5.41) is 13.3. The number of halogens is 1. The molecule has 0 amide bonds. The molecule has 0 radical (unpaired) electrons. The van der Waals surface area contributed by atoms with Crippen LogP contribution in [-0.4, -0.2) is 23.8 Å². The molecule has 130 valence electrons. The number of rotatable bonds is 4. The first-order valence-electron chi connectivity index (χ1n) is 7.88. The van der Waals surface area contributed by atoms with Gasteiger partial charge in [0.05, 0.1) is 16.8 Å². The lowest BCUT2D eigenvalue weighted by Crippen LogP contribution is -2.33. The van der Waals surface area contributed by atoms with Crippen LogP contribution >= 0.6 is 11.6 Å². The molecular formula is C19H18ClNO4. The van der Waals surface area contributed by atoms with Crippen molar-refractivity contribution >= 4 is 23.1 Å². The van der Waals surface area contributed by atoms with E-state index in [0.717, 1.165) is 5.56 Å². The molecule has 0 fully saturated rings. The second-order valence-corrected chi connectivity index (χ2v) is 6.08. The SMILES string of the molecule is CCOC1Oc2ccc(C)cc2C(=O)/C1=C/Nc1ccc(Cl)cc1O. The maximum atomic E-state index is 12.9. The van der Waals surface area contributed by atoms with Gasteiger partial charge in [0.25, 0.3) is 0 Å². The summed E-state index contributed by atoms with van der Waals surface area (Å²) < 4.78 is 11.4. The molecule has 0 saturated carbocycles. The van der Waals surface area contributed by atoms with Gasteiger partial charge in [-0.3, -0.25) is 4.79 Å². The van der Waals surface area contributed by atoms with Gasteiger partial charge in [-0.25, -0.2) is 0 Å². The van der Waals surface area contributed by atoms with Crippen molar-refractivity contribution in [3.8, 4) is 11.5 Å². The summed E-state index contributed by atoms with van der Waals surface area (Å²) in [5.41, 5.74) is 2.21. The summed E-state index contributed by atoms with van der Waals surface area (Å²) in [6.07, 6.45) is 0.686. The molecule has 1 atom stereocenters. The van der Waals surface area contributed by atoms with Gasteiger partial charge in [-0.05, 0) is 38.1 Å². The Morgan fingerprint density at radius 3 is 2.84 bits per heavy atom. The summed E-state index contributed by atoms with van der Waals surface area (Å²) >= 11 is 5.83. The highest BCUT2D eigenvalue weighted by Gasteiger charge is 2.32. The number of phenolic OH excluding ortho intramolecular Hbond substituents is 1. The van der Waals surface area contributed by atoms with E-state index in [9.17, 15) is 9.90 Å². The average molecular weight is 360 g/mol. The first-order chi connectivity index (χ1) is 12.0. The van der Waals surface area contributed by atoms with E-state index in [1.807, 2.05) is 19.9 Å². The minimum absolute atomic E-state index is 0.0160. The molecule has 3 rings (SSSR count). The molecule has 2 aromatic carbocycles. The van der Waals surface area contributed by atoms with E-state index in [2.05, 4.69) is 5.32 Å². The third kappa shape index (κ3) is 3.62. The molecule has 0 aromatic heterocycles. The molecular weight excluding hydrogens is 342 g/mol. The van der Waals surface area contributed by atoms with Gasteiger partial charge in [-0.2, -0.15) is 0 Å². The maximum absolute atomic E-state index is 12.9. The number of ether oxygens (including phenoxy) is 2. The summed E-state index contributed by atoms with van der Waals surface area (Å²) in [5.74, 6) is 0.308. The van der Waals surface area contributed by atoms with Crippen LogP contribution in [0.5, 0.6) is 11.5 Å². The first kappa shape index (κ1) is 17.3. The van der Waals surface area contributed by atoms with E-state index in [1.165, 1.54) is 12.3 Å². The van der Waals surface area contributed by atoms with E-state index >= 15 is 0 Å². The van der Waals surface area contributed by atoms with Gasteiger partial charge >= 0.3 is 0 Å². The number of aromatic hydroxyl groups is 1. The zero-order chi connectivity index (χ0) is 18.0. The van der Waals surface area contributed by atoms with Crippen LogP contribution in [-0.2, 0) is 4.74 Å². The maximum Gasteiger partial charge on any atom is 0.232 e. The van der Waals surface area contributed by atoms with E-state index in [4.69, 9.17) is 21.1 Å². The van der Waals surface area contributed by atoms with Crippen molar-refractivity contribution in [1.29, 1.82) is 0 Å². The normalized spacial score (nSPS) is 18.0. The second kappa shape index (κ2) is 7.17. The van der Waals surface area contributed by atoms with Crippen molar-refractivity contribution in [1.82, 2.24) is 0 Å². The Bertz CT molecular complexity index is 847. The van der Waals surface area contributed by atoms with Crippen molar-refractivity contribution < 1.29 is 19.4 Å². The molecule has 2 aromatic rings. The fraction of sp³-hybridized carbons (Fsp3) is 0.211. The first-order valence-corrected chi connectivity index (χ1v) is 8.26. The van der Waals surface area contributed by atoms with Crippen molar-refractivity contribution in [2.75, 3.05) is 11.9 Å². The quantitative estimate of drug-likeness (QED) is 0.629. The van der Waals surface area contributed by atoms with Crippen molar-refractivity contribution in [2.24, 2.45) is 0 Å². The summed E-state index contributed by atoms with van der Waals surface area (Å²) in [6.45, 7) is 4.13.